The van der Waals surface area contributed by atoms with Crippen molar-refractivity contribution < 1.29 is 31.5 Å². The molecule has 0 spiro atoms. The van der Waals surface area contributed by atoms with Crippen molar-refractivity contribution in [2.24, 2.45) is 0 Å². The third kappa shape index (κ3) is 6.88. The van der Waals surface area contributed by atoms with E-state index in [2.05, 4.69) is 10.1 Å². The molecule has 1 amide bonds. The molecule has 1 rings (SSSR count). The summed E-state index contributed by atoms with van der Waals surface area (Å²) in [5.41, 5.74) is 0.255. The van der Waals surface area contributed by atoms with E-state index in [-0.39, 0.29) is 11.4 Å². The number of hydrogen-bond acceptors (Lipinski definition) is 3. The normalized spacial score (nSPS) is 11.5. The number of carbonyl (C=O) groups excluding carboxylic acids is 1. The van der Waals surface area contributed by atoms with E-state index in [1.807, 2.05) is 5.32 Å². The topological polar surface area (TPSA) is 50.4 Å². The van der Waals surface area contributed by atoms with Crippen LogP contribution in [0.25, 0.3) is 0 Å². The molecule has 0 aromatic heterocycles. The van der Waals surface area contributed by atoms with Gasteiger partial charge in [0.25, 0.3) is 0 Å². The number of carbonyl (C=O) groups is 1. The van der Waals surface area contributed by atoms with E-state index in [1.54, 1.807) is 0 Å². The molecule has 1 aromatic carbocycles. The third-order valence-electron chi connectivity index (χ3n) is 1.97. The van der Waals surface area contributed by atoms with Gasteiger partial charge in [-0.05, 0) is 24.3 Å². The average Bonchev–Trinajstić information content (AvgIpc) is 2.29. The van der Waals surface area contributed by atoms with E-state index in [0.29, 0.717) is 0 Å². The van der Waals surface area contributed by atoms with E-state index in [9.17, 15) is 26.7 Å². The average molecular weight is 298 g/mol. The fourth-order valence-electron chi connectivity index (χ4n) is 1.24. The minimum atomic E-state index is -4.39. The molecular formula is C11H11F5N2O2. The summed E-state index contributed by atoms with van der Waals surface area (Å²) < 4.78 is 63.3. The lowest BCUT2D eigenvalue weighted by molar-refractivity contribution is -0.127. The molecule has 0 saturated carbocycles. The highest BCUT2D eigenvalue weighted by molar-refractivity contribution is 5.92. The molecule has 20 heavy (non-hydrogen) atoms. The standard InChI is InChI=1S/C11H11F5N2O2/c12-10(13)20-8-3-1-7(2-4-8)18-9(19)5-17-6-11(14,15)16/h1-4,10,17H,5-6H2,(H,18,19). The Morgan fingerprint density at radius 2 is 1.80 bits per heavy atom. The van der Waals surface area contributed by atoms with Crippen LogP contribution in [0.4, 0.5) is 27.6 Å². The Bertz CT molecular complexity index is 433. The molecule has 4 nitrogen and oxygen atoms in total. The van der Waals surface area contributed by atoms with Crippen LogP contribution in [-0.2, 0) is 4.79 Å². The maximum absolute atomic E-state index is 11.9. The Labute approximate surface area is 110 Å². The second-order valence-electron chi connectivity index (χ2n) is 3.67. The maximum atomic E-state index is 11.9. The number of benzene rings is 1. The molecule has 1 aromatic rings. The number of ether oxygens (including phenoxy) is 1. The van der Waals surface area contributed by atoms with Gasteiger partial charge in [-0.1, -0.05) is 0 Å². The number of hydrogen-bond donors (Lipinski definition) is 2. The highest BCUT2D eigenvalue weighted by Crippen LogP contribution is 2.17. The van der Waals surface area contributed by atoms with Gasteiger partial charge >= 0.3 is 12.8 Å². The zero-order valence-electron chi connectivity index (χ0n) is 10.0. The summed E-state index contributed by atoms with van der Waals surface area (Å²) in [5.74, 6) is -0.773. The fraction of sp³-hybridized carbons (Fsp3) is 0.364. The van der Waals surface area contributed by atoms with Crippen LogP contribution in [0, 0.1) is 0 Å². The number of halogens is 5. The van der Waals surface area contributed by atoms with Crippen molar-refractivity contribution in [3.8, 4) is 5.75 Å². The highest BCUT2D eigenvalue weighted by Gasteiger charge is 2.26. The Morgan fingerprint density at radius 3 is 2.30 bits per heavy atom. The summed E-state index contributed by atoms with van der Waals surface area (Å²) in [5, 5.41) is 4.22. The van der Waals surface area contributed by atoms with Gasteiger partial charge in [0, 0.05) is 5.69 Å². The van der Waals surface area contributed by atoms with Crippen molar-refractivity contribution in [2.75, 3.05) is 18.4 Å². The van der Waals surface area contributed by atoms with Crippen LogP contribution < -0.4 is 15.4 Å². The van der Waals surface area contributed by atoms with Gasteiger partial charge in [-0.3, -0.25) is 4.79 Å². The van der Waals surface area contributed by atoms with Crippen molar-refractivity contribution in [2.45, 2.75) is 12.8 Å². The van der Waals surface area contributed by atoms with E-state index < -0.39 is 31.8 Å². The lowest BCUT2D eigenvalue weighted by Gasteiger charge is -2.09. The van der Waals surface area contributed by atoms with Crippen LogP contribution >= 0.6 is 0 Å². The van der Waals surface area contributed by atoms with Crippen molar-refractivity contribution in [1.82, 2.24) is 5.32 Å². The second kappa shape index (κ2) is 7.04. The molecule has 0 aliphatic rings. The molecule has 0 unspecified atom stereocenters. The predicted octanol–water partition coefficient (Wildman–Crippen LogP) is 2.38. The van der Waals surface area contributed by atoms with Crippen LogP contribution in [0.15, 0.2) is 24.3 Å². The highest BCUT2D eigenvalue weighted by atomic mass is 19.4. The van der Waals surface area contributed by atoms with Gasteiger partial charge in [0.2, 0.25) is 5.91 Å². The molecule has 0 fully saturated rings. The van der Waals surface area contributed by atoms with Gasteiger partial charge in [-0.15, -0.1) is 0 Å². The maximum Gasteiger partial charge on any atom is 0.401 e. The molecule has 0 radical (unpaired) electrons. The quantitative estimate of drug-likeness (QED) is 0.793. The Balaban J connectivity index is 2.38. The van der Waals surface area contributed by atoms with Crippen LogP contribution in [0.1, 0.15) is 0 Å². The minimum absolute atomic E-state index is 0.0896. The van der Waals surface area contributed by atoms with Crippen LogP contribution in [0.2, 0.25) is 0 Å². The van der Waals surface area contributed by atoms with Crippen molar-refractivity contribution in [3.63, 3.8) is 0 Å². The summed E-state index contributed by atoms with van der Waals surface area (Å²) in [6, 6.07) is 4.98. The monoisotopic (exact) mass is 298 g/mol. The van der Waals surface area contributed by atoms with Gasteiger partial charge in [-0.25, -0.2) is 0 Å². The Hall–Kier alpha value is -1.90. The largest absolute Gasteiger partial charge is 0.435 e. The van der Waals surface area contributed by atoms with Crippen LogP contribution in [-0.4, -0.2) is 31.8 Å². The van der Waals surface area contributed by atoms with E-state index in [0.717, 1.165) is 0 Å². The third-order valence-corrected chi connectivity index (χ3v) is 1.97. The molecule has 0 bridgehead atoms. The lowest BCUT2D eigenvalue weighted by Crippen LogP contribution is -2.35. The number of nitrogens with one attached hydrogen (secondary N) is 2. The van der Waals surface area contributed by atoms with Crippen LogP contribution in [0.5, 0.6) is 5.75 Å². The number of anilines is 1. The van der Waals surface area contributed by atoms with Crippen LogP contribution in [0.3, 0.4) is 0 Å². The summed E-state index contributed by atoms with van der Waals surface area (Å²) in [6.07, 6.45) is -4.39. The van der Waals surface area contributed by atoms with Crippen molar-refractivity contribution in [1.29, 1.82) is 0 Å². The van der Waals surface area contributed by atoms with E-state index in [4.69, 9.17) is 0 Å². The molecule has 0 aliphatic heterocycles. The first kappa shape index (κ1) is 16.2. The first-order valence-corrected chi connectivity index (χ1v) is 5.38. The first-order chi connectivity index (χ1) is 9.26. The molecule has 0 atom stereocenters. The van der Waals surface area contributed by atoms with E-state index in [1.165, 1.54) is 24.3 Å². The molecule has 9 heteroatoms. The van der Waals surface area contributed by atoms with Gasteiger partial charge < -0.3 is 15.4 Å². The number of alkyl halides is 5. The summed E-state index contributed by atoms with van der Waals surface area (Å²) >= 11 is 0. The molecule has 0 heterocycles. The molecule has 0 saturated heterocycles. The summed E-state index contributed by atoms with van der Waals surface area (Å²) in [7, 11) is 0. The second-order valence-corrected chi connectivity index (χ2v) is 3.67. The Morgan fingerprint density at radius 1 is 1.20 bits per heavy atom. The smallest absolute Gasteiger partial charge is 0.401 e. The van der Waals surface area contributed by atoms with Gasteiger partial charge in [0.15, 0.2) is 0 Å². The molecule has 0 aliphatic carbocycles. The lowest BCUT2D eigenvalue weighted by atomic mass is 10.3. The Kier molecular flexibility index (Phi) is 5.68. The molecular weight excluding hydrogens is 287 g/mol. The zero-order valence-corrected chi connectivity index (χ0v) is 10.0. The summed E-state index contributed by atoms with van der Waals surface area (Å²) in [4.78, 5) is 11.3. The zero-order chi connectivity index (χ0) is 15.2. The van der Waals surface area contributed by atoms with E-state index >= 15 is 0 Å². The molecule has 112 valence electrons. The van der Waals surface area contributed by atoms with Gasteiger partial charge in [0.05, 0.1) is 13.1 Å². The number of amides is 1. The SMILES string of the molecule is O=C(CNCC(F)(F)F)Nc1ccc(OC(F)F)cc1. The number of rotatable bonds is 6. The van der Waals surface area contributed by atoms with Crippen molar-refractivity contribution in [3.05, 3.63) is 24.3 Å². The first-order valence-electron chi connectivity index (χ1n) is 5.38. The van der Waals surface area contributed by atoms with Gasteiger partial charge in [-0.2, -0.15) is 22.0 Å². The summed E-state index contributed by atoms with van der Waals surface area (Å²) in [6.45, 7) is -4.75. The van der Waals surface area contributed by atoms with Crippen molar-refractivity contribution >= 4 is 11.6 Å². The predicted molar refractivity (Wildman–Crippen MR) is 60.6 cm³/mol. The minimum Gasteiger partial charge on any atom is -0.435 e. The molecule has 2 N–H and O–H groups in total. The fourth-order valence-corrected chi connectivity index (χ4v) is 1.24. The van der Waals surface area contributed by atoms with Gasteiger partial charge in [0.1, 0.15) is 5.75 Å².